The quantitative estimate of drug-likeness (QED) is 0.452. The Balaban J connectivity index is 1.33. The van der Waals surface area contributed by atoms with Gasteiger partial charge in [-0.15, -0.1) is 0 Å². The van der Waals surface area contributed by atoms with Crippen LogP contribution in [0.5, 0.6) is 0 Å². The van der Waals surface area contributed by atoms with Crippen molar-refractivity contribution in [3.8, 4) is 11.1 Å². The second kappa shape index (κ2) is 10.2. The van der Waals surface area contributed by atoms with Crippen LogP contribution in [0.2, 0.25) is 0 Å². The van der Waals surface area contributed by atoms with Crippen LogP contribution in [-0.2, 0) is 14.3 Å². The van der Waals surface area contributed by atoms with Gasteiger partial charge < -0.3 is 15.2 Å². The van der Waals surface area contributed by atoms with Crippen molar-refractivity contribution >= 4 is 23.7 Å². The summed E-state index contributed by atoms with van der Waals surface area (Å²) < 4.78 is 5.56. The van der Waals surface area contributed by atoms with Crippen LogP contribution in [0.15, 0.2) is 72.8 Å². The van der Waals surface area contributed by atoms with Gasteiger partial charge in [0.1, 0.15) is 6.61 Å². The van der Waals surface area contributed by atoms with Crippen molar-refractivity contribution in [1.29, 1.82) is 0 Å². The SMILES string of the molecule is CC(C(=O)NCCC(=O)O)c1ccc(NC(=O)OCC2c3ccccc3-c3ccccc32)cc1. The van der Waals surface area contributed by atoms with E-state index in [-0.39, 0.29) is 31.4 Å². The summed E-state index contributed by atoms with van der Waals surface area (Å²) in [6.07, 6.45) is -0.671. The van der Waals surface area contributed by atoms with E-state index in [4.69, 9.17) is 9.84 Å². The summed E-state index contributed by atoms with van der Waals surface area (Å²) in [5.41, 5.74) is 5.95. The van der Waals surface area contributed by atoms with E-state index >= 15 is 0 Å². The normalized spacial score (nSPS) is 12.9. The standard InChI is InChI=1S/C27H26N2O5/c1-17(26(32)28-15-14-25(30)31)18-10-12-19(13-11-18)29-27(33)34-16-24-22-8-4-2-6-20(22)21-7-3-5-9-23(21)24/h2-13,17,24H,14-16H2,1H3,(H,28,32)(H,29,33)(H,30,31). The Bertz CT molecular complexity index is 1160. The van der Waals surface area contributed by atoms with E-state index < -0.39 is 18.0 Å². The van der Waals surface area contributed by atoms with Crippen molar-refractivity contribution < 1.29 is 24.2 Å². The number of carboxylic acid groups (broad SMARTS) is 1. The van der Waals surface area contributed by atoms with Crippen LogP contribution in [0.1, 0.15) is 41.9 Å². The molecule has 1 aliphatic carbocycles. The molecule has 2 amide bonds. The van der Waals surface area contributed by atoms with Gasteiger partial charge in [0.15, 0.2) is 0 Å². The zero-order valence-electron chi connectivity index (χ0n) is 18.8. The largest absolute Gasteiger partial charge is 0.481 e. The lowest BCUT2D eigenvalue weighted by Gasteiger charge is -2.15. The Hall–Kier alpha value is -4.13. The molecule has 0 saturated heterocycles. The molecule has 0 radical (unpaired) electrons. The van der Waals surface area contributed by atoms with Crippen molar-refractivity contribution in [2.75, 3.05) is 18.5 Å². The third-order valence-corrected chi connectivity index (χ3v) is 6.03. The number of hydrogen-bond donors (Lipinski definition) is 3. The van der Waals surface area contributed by atoms with Crippen molar-refractivity contribution in [2.24, 2.45) is 0 Å². The minimum atomic E-state index is -0.961. The van der Waals surface area contributed by atoms with E-state index in [1.807, 2.05) is 24.3 Å². The molecule has 0 spiro atoms. The lowest BCUT2D eigenvalue weighted by atomic mass is 9.98. The number of aliphatic carboxylic acids is 1. The molecule has 0 saturated carbocycles. The third kappa shape index (κ3) is 5.09. The summed E-state index contributed by atoms with van der Waals surface area (Å²) in [4.78, 5) is 35.2. The van der Waals surface area contributed by atoms with Crippen LogP contribution in [-0.4, -0.2) is 36.2 Å². The molecule has 3 aromatic rings. The highest BCUT2D eigenvalue weighted by molar-refractivity contribution is 5.86. The fraction of sp³-hybridized carbons (Fsp3) is 0.222. The fourth-order valence-corrected chi connectivity index (χ4v) is 4.20. The number of benzene rings is 3. The lowest BCUT2D eigenvalue weighted by molar-refractivity contribution is -0.136. The van der Waals surface area contributed by atoms with Crippen molar-refractivity contribution in [3.05, 3.63) is 89.5 Å². The van der Waals surface area contributed by atoms with E-state index in [2.05, 4.69) is 34.9 Å². The number of anilines is 1. The molecule has 0 bridgehead atoms. The molecular weight excluding hydrogens is 432 g/mol. The number of carboxylic acids is 1. The number of amides is 2. The summed E-state index contributed by atoms with van der Waals surface area (Å²) in [6, 6.07) is 23.2. The molecule has 0 aliphatic heterocycles. The molecule has 4 rings (SSSR count). The first-order valence-electron chi connectivity index (χ1n) is 11.2. The maximum absolute atomic E-state index is 12.4. The van der Waals surface area contributed by atoms with Gasteiger partial charge in [-0.3, -0.25) is 14.9 Å². The molecule has 0 aromatic heterocycles. The van der Waals surface area contributed by atoms with Gasteiger partial charge in [-0.2, -0.15) is 0 Å². The van der Waals surface area contributed by atoms with Crippen molar-refractivity contribution in [1.82, 2.24) is 5.32 Å². The van der Waals surface area contributed by atoms with Gasteiger partial charge in [0, 0.05) is 18.2 Å². The van der Waals surface area contributed by atoms with Crippen molar-refractivity contribution in [3.63, 3.8) is 0 Å². The maximum Gasteiger partial charge on any atom is 0.411 e. The molecular formula is C27H26N2O5. The van der Waals surface area contributed by atoms with Crippen LogP contribution < -0.4 is 10.6 Å². The second-order valence-electron chi connectivity index (χ2n) is 8.23. The average molecular weight is 459 g/mol. The van der Waals surface area contributed by atoms with Gasteiger partial charge in [0.2, 0.25) is 5.91 Å². The zero-order chi connectivity index (χ0) is 24.1. The zero-order valence-corrected chi connectivity index (χ0v) is 18.8. The summed E-state index contributed by atoms with van der Waals surface area (Å²) in [7, 11) is 0. The smallest absolute Gasteiger partial charge is 0.411 e. The predicted octanol–water partition coefficient (Wildman–Crippen LogP) is 4.74. The minimum Gasteiger partial charge on any atom is -0.481 e. The molecule has 0 heterocycles. The molecule has 7 nitrogen and oxygen atoms in total. The number of hydrogen-bond acceptors (Lipinski definition) is 4. The minimum absolute atomic E-state index is 0.0129. The Kier molecular flexibility index (Phi) is 6.92. The second-order valence-corrected chi connectivity index (χ2v) is 8.23. The van der Waals surface area contributed by atoms with Gasteiger partial charge >= 0.3 is 12.1 Å². The highest BCUT2D eigenvalue weighted by Crippen LogP contribution is 2.44. The molecule has 1 unspecified atom stereocenters. The average Bonchev–Trinajstić information content (AvgIpc) is 3.16. The molecule has 0 fully saturated rings. The fourth-order valence-electron chi connectivity index (χ4n) is 4.20. The molecule has 1 atom stereocenters. The van der Waals surface area contributed by atoms with E-state index in [1.165, 1.54) is 11.1 Å². The highest BCUT2D eigenvalue weighted by atomic mass is 16.5. The first-order chi connectivity index (χ1) is 16.4. The van der Waals surface area contributed by atoms with E-state index in [1.54, 1.807) is 31.2 Å². The van der Waals surface area contributed by atoms with E-state index in [0.717, 1.165) is 16.7 Å². The number of carbonyl (C=O) groups excluding carboxylic acids is 2. The predicted molar refractivity (Wildman–Crippen MR) is 129 cm³/mol. The van der Waals surface area contributed by atoms with Gasteiger partial charge in [0.05, 0.1) is 12.3 Å². The summed E-state index contributed by atoms with van der Waals surface area (Å²) in [6.45, 7) is 2.05. The topological polar surface area (TPSA) is 105 Å². The van der Waals surface area contributed by atoms with Crippen LogP contribution in [0, 0.1) is 0 Å². The molecule has 34 heavy (non-hydrogen) atoms. The molecule has 3 N–H and O–H groups in total. The van der Waals surface area contributed by atoms with Gasteiger partial charge in [-0.05, 0) is 46.9 Å². The van der Waals surface area contributed by atoms with Crippen LogP contribution in [0.3, 0.4) is 0 Å². The molecule has 174 valence electrons. The number of carbonyl (C=O) groups is 3. The van der Waals surface area contributed by atoms with Gasteiger partial charge in [0.25, 0.3) is 0 Å². The van der Waals surface area contributed by atoms with Crippen LogP contribution >= 0.6 is 0 Å². The number of fused-ring (bicyclic) bond motifs is 3. The van der Waals surface area contributed by atoms with E-state index in [9.17, 15) is 14.4 Å². The Morgan fingerprint density at radius 2 is 1.50 bits per heavy atom. The van der Waals surface area contributed by atoms with Gasteiger partial charge in [-0.1, -0.05) is 60.7 Å². The summed E-state index contributed by atoms with van der Waals surface area (Å²) in [5, 5.41) is 14.0. The summed E-state index contributed by atoms with van der Waals surface area (Å²) in [5.74, 6) is -1.67. The monoisotopic (exact) mass is 458 g/mol. The van der Waals surface area contributed by atoms with Crippen molar-refractivity contribution in [2.45, 2.75) is 25.2 Å². The first kappa shape index (κ1) is 23.0. The molecule has 1 aliphatic rings. The van der Waals surface area contributed by atoms with Crippen LogP contribution in [0.25, 0.3) is 11.1 Å². The van der Waals surface area contributed by atoms with E-state index in [0.29, 0.717) is 5.69 Å². The Morgan fingerprint density at radius 3 is 2.09 bits per heavy atom. The Labute approximate surface area is 197 Å². The lowest BCUT2D eigenvalue weighted by Crippen LogP contribution is -2.29. The molecule has 3 aromatic carbocycles. The highest BCUT2D eigenvalue weighted by Gasteiger charge is 2.29. The first-order valence-corrected chi connectivity index (χ1v) is 11.2. The number of ether oxygens (including phenoxy) is 1. The third-order valence-electron chi connectivity index (χ3n) is 6.03. The van der Waals surface area contributed by atoms with Crippen LogP contribution in [0.4, 0.5) is 10.5 Å². The van der Waals surface area contributed by atoms with Gasteiger partial charge in [-0.25, -0.2) is 4.79 Å². The Morgan fingerprint density at radius 1 is 0.912 bits per heavy atom. The number of rotatable bonds is 8. The molecule has 7 heteroatoms. The number of nitrogens with one attached hydrogen (secondary N) is 2. The summed E-state index contributed by atoms with van der Waals surface area (Å²) >= 11 is 0. The maximum atomic E-state index is 12.4.